The van der Waals surface area contributed by atoms with Crippen molar-refractivity contribution in [2.75, 3.05) is 29.2 Å². The highest BCUT2D eigenvalue weighted by Crippen LogP contribution is 2.15. The molecule has 0 unspecified atom stereocenters. The van der Waals surface area contributed by atoms with E-state index in [9.17, 15) is 9.59 Å². The van der Waals surface area contributed by atoms with Crippen molar-refractivity contribution in [1.82, 2.24) is 9.78 Å². The number of carbonyl (C=O) groups is 2. The lowest BCUT2D eigenvalue weighted by Gasteiger charge is -2.06. The molecule has 0 spiro atoms. The first kappa shape index (κ1) is 18.6. The van der Waals surface area contributed by atoms with Crippen LogP contribution in [0.3, 0.4) is 0 Å². The Morgan fingerprint density at radius 3 is 2.64 bits per heavy atom. The standard InChI is InChI=1S/C17H20N4O3S/c1-3-8-25-12-17(23)20-14-9-18-21(10-14)11-16(22)19-13-4-6-15(24-2)7-5-13/h3-7,9-10H,1,8,11-12H2,2H3,(H,19,22)(H,20,23). The number of thioether (sulfide) groups is 1. The van der Waals surface area contributed by atoms with Gasteiger partial charge in [-0.05, 0) is 24.3 Å². The summed E-state index contributed by atoms with van der Waals surface area (Å²) in [5.41, 5.74) is 1.23. The number of rotatable bonds is 9. The Morgan fingerprint density at radius 2 is 1.96 bits per heavy atom. The minimum absolute atomic E-state index is 0.0487. The van der Waals surface area contributed by atoms with Gasteiger partial charge in [-0.25, -0.2) is 0 Å². The molecule has 1 aromatic carbocycles. The molecule has 0 aliphatic rings. The number of anilines is 2. The Kier molecular flexibility index (Phi) is 7.09. The van der Waals surface area contributed by atoms with Crippen LogP contribution in [0.1, 0.15) is 0 Å². The lowest BCUT2D eigenvalue weighted by Crippen LogP contribution is -2.19. The number of carbonyl (C=O) groups excluding carboxylic acids is 2. The predicted octanol–water partition coefficient (Wildman–Crippen LogP) is 2.39. The molecule has 2 amide bonds. The first-order valence-corrected chi connectivity index (χ1v) is 8.71. The van der Waals surface area contributed by atoms with Crippen LogP contribution in [0.4, 0.5) is 11.4 Å². The second-order valence-electron chi connectivity index (χ2n) is 5.06. The van der Waals surface area contributed by atoms with Crippen LogP contribution in [-0.4, -0.2) is 40.2 Å². The molecule has 8 heteroatoms. The summed E-state index contributed by atoms with van der Waals surface area (Å²) in [5, 5.41) is 9.58. The minimum Gasteiger partial charge on any atom is -0.497 e. The van der Waals surface area contributed by atoms with Crippen LogP contribution < -0.4 is 15.4 Å². The van der Waals surface area contributed by atoms with Crippen LogP contribution in [-0.2, 0) is 16.1 Å². The number of nitrogens with zero attached hydrogens (tertiary/aromatic N) is 2. The quantitative estimate of drug-likeness (QED) is 0.530. The first-order valence-electron chi connectivity index (χ1n) is 7.55. The molecule has 0 fully saturated rings. The number of methoxy groups -OCH3 is 1. The molecule has 0 radical (unpaired) electrons. The van der Waals surface area contributed by atoms with E-state index in [-0.39, 0.29) is 18.4 Å². The number of ether oxygens (including phenoxy) is 1. The molecule has 0 aliphatic carbocycles. The smallest absolute Gasteiger partial charge is 0.246 e. The molecule has 7 nitrogen and oxygen atoms in total. The fourth-order valence-electron chi connectivity index (χ4n) is 1.97. The lowest BCUT2D eigenvalue weighted by molar-refractivity contribution is -0.117. The molecular weight excluding hydrogens is 340 g/mol. The average molecular weight is 360 g/mol. The highest BCUT2D eigenvalue weighted by molar-refractivity contribution is 8.00. The van der Waals surface area contributed by atoms with Crippen molar-refractivity contribution >= 4 is 35.0 Å². The van der Waals surface area contributed by atoms with Crippen molar-refractivity contribution in [3.8, 4) is 5.75 Å². The van der Waals surface area contributed by atoms with Gasteiger partial charge in [-0.2, -0.15) is 5.10 Å². The SMILES string of the molecule is C=CCSCC(=O)Nc1cnn(CC(=O)Nc2ccc(OC)cc2)c1. The van der Waals surface area contributed by atoms with Crippen LogP contribution in [0, 0.1) is 0 Å². The molecule has 1 heterocycles. The number of benzene rings is 1. The summed E-state index contributed by atoms with van der Waals surface area (Å²) in [6.07, 6.45) is 4.87. The zero-order valence-electron chi connectivity index (χ0n) is 13.9. The highest BCUT2D eigenvalue weighted by Gasteiger charge is 2.08. The van der Waals surface area contributed by atoms with E-state index in [2.05, 4.69) is 22.3 Å². The van der Waals surface area contributed by atoms with Gasteiger partial charge in [-0.3, -0.25) is 14.3 Å². The molecular formula is C17H20N4O3S. The predicted molar refractivity (Wildman–Crippen MR) is 100 cm³/mol. The molecule has 0 atom stereocenters. The summed E-state index contributed by atoms with van der Waals surface area (Å²) in [5.74, 6) is 1.45. The molecule has 2 N–H and O–H groups in total. The molecule has 0 aliphatic heterocycles. The molecule has 0 saturated carbocycles. The number of nitrogens with one attached hydrogen (secondary N) is 2. The second-order valence-corrected chi connectivity index (χ2v) is 6.09. The average Bonchev–Trinajstić information content (AvgIpc) is 3.02. The summed E-state index contributed by atoms with van der Waals surface area (Å²) in [7, 11) is 1.58. The van der Waals surface area contributed by atoms with Gasteiger partial charge in [-0.1, -0.05) is 6.08 Å². The zero-order valence-corrected chi connectivity index (χ0v) is 14.7. The Balaban J connectivity index is 1.82. The maximum Gasteiger partial charge on any atom is 0.246 e. The van der Waals surface area contributed by atoms with Crippen molar-refractivity contribution in [2.45, 2.75) is 6.54 Å². The number of amides is 2. The molecule has 25 heavy (non-hydrogen) atoms. The Hall–Kier alpha value is -2.74. The van der Waals surface area contributed by atoms with E-state index < -0.39 is 0 Å². The van der Waals surface area contributed by atoms with Crippen LogP contribution in [0.2, 0.25) is 0 Å². The van der Waals surface area contributed by atoms with Crippen molar-refractivity contribution in [2.24, 2.45) is 0 Å². The van der Waals surface area contributed by atoms with E-state index in [1.54, 1.807) is 43.6 Å². The maximum absolute atomic E-state index is 12.0. The largest absolute Gasteiger partial charge is 0.497 e. The van der Waals surface area contributed by atoms with Gasteiger partial charge in [0.05, 0.1) is 24.7 Å². The van der Waals surface area contributed by atoms with Crippen molar-refractivity contribution in [1.29, 1.82) is 0 Å². The van der Waals surface area contributed by atoms with Gasteiger partial charge in [0.1, 0.15) is 12.3 Å². The number of aromatic nitrogens is 2. The summed E-state index contributed by atoms with van der Waals surface area (Å²) in [4.78, 5) is 23.8. The summed E-state index contributed by atoms with van der Waals surface area (Å²) in [6, 6.07) is 7.04. The van der Waals surface area contributed by atoms with Gasteiger partial charge in [0, 0.05) is 17.6 Å². The van der Waals surface area contributed by atoms with E-state index in [0.29, 0.717) is 17.1 Å². The Morgan fingerprint density at radius 1 is 1.24 bits per heavy atom. The van der Waals surface area contributed by atoms with Gasteiger partial charge in [0.15, 0.2) is 0 Å². The van der Waals surface area contributed by atoms with Gasteiger partial charge < -0.3 is 15.4 Å². The van der Waals surface area contributed by atoms with Crippen molar-refractivity contribution < 1.29 is 14.3 Å². The molecule has 0 bridgehead atoms. The third-order valence-electron chi connectivity index (χ3n) is 3.07. The minimum atomic E-state index is -0.215. The summed E-state index contributed by atoms with van der Waals surface area (Å²) < 4.78 is 6.53. The Bertz CT molecular complexity index is 728. The summed E-state index contributed by atoms with van der Waals surface area (Å²) in [6.45, 7) is 3.65. The molecule has 2 rings (SSSR count). The van der Waals surface area contributed by atoms with Gasteiger partial charge in [0.25, 0.3) is 0 Å². The topological polar surface area (TPSA) is 85.2 Å². The van der Waals surface area contributed by atoms with E-state index in [1.807, 2.05) is 0 Å². The lowest BCUT2D eigenvalue weighted by atomic mass is 10.3. The van der Waals surface area contributed by atoms with Crippen LogP contribution in [0.15, 0.2) is 49.3 Å². The molecule has 1 aromatic heterocycles. The fourth-order valence-corrected chi connectivity index (χ4v) is 2.51. The second kappa shape index (κ2) is 9.53. The molecule has 0 saturated heterocycles. The van der Waals surface area contributed by atoms with E-state index in [0.717, 1.165) is 11.5 Å². The highest BCUT2D eigenvalue weighted by atomic mass is 32.2. The number of hydrogen-bond acceptors (Lipinski definition) is 5. The number of hydrogen-bond donors (Lipinski definition) is 2. The van der Waals surface area contributed by atoms with Crippen LogP contribution in [0.25, 0.3) is 0 Å². The Labute approximate surface area is 150 Å². The third-order valence-corrected chi connectivity index (χ3v) is 4.00. The fraction of sp³-hybridized carbons (Fsp3) is 0.235. The van der Waals surface area contributed by atoms with E-state index in [1.165, 1.54) is 22.6 Å². The van der Waals surface area contributed by atoms with E-state index in [4.69, 9.17) is 4.74 Å². The summed E-state index contributed by atoms with van der Waals surface area (Å²) >= 11 is 1.47. The van der Waals surface area contributed by atoms with Crippen LogP contribution in [0.5, 0.6) is 5.75 Å². The van der Waals surface area contributed by atoms with Gasteiger partial charge in [0.2, 0.25) is 11.8 Å². The van der Waals surface area contributed by atoms with Gasteiger partial charge in [-0.15, -0.1) is 18.3 Å². The maximum atomic E-state index is 12.0. The normalized spacial score (nSPS) is 10.1. The molecule has 2 aromatic rings. The van der Waals surface area contributed by atoms with E-state index >= 15 is 0 Å². The first-order chi connectivity index (χ1) is 12.1. The molecule has 132 valence electrons. The monoisotopic (exact) mass is 360 g/mol. The van der Waals surface area contributed by atoms with Crippen LogP contribution >= 0.6 is 11.8 Å². The van der Waals surface area contributed by atoms with Crippen molar-refractivity contribution in [3.05, 3.63) is 49.3 Å². The third kappa shape index (κ3) is 6.34. The van der Waals surface area contributed by atoms with Gasteiger partial charge >= 0.3 is 0 Å². The van der Waals surface area contributed by atoms with Crippen molar-refractivity contribution in [3.63, 3.8) is 0 Å². The zero-order chi connectivity index (χ0) is 18.1.